The Morgan fingerprint density at radius 2 is 1.81 bits per heavy atom. The number of hydrogen-bond acceptors (Lipinski definition) is 4. The van der Waals surface area contributed by atoms with Gasteiger partial charge in [-0.05, 0) is 12.5 Å². The first kappa shape index (κ1) is 10.6. The van der Waals surface area contributed by atoms with Crippen LogP contribution >= 0.6 is 0 Å². The molecule has 2 aromatic heterocycles. The van der Waals surface area contributed by atoms with E-state index < -0.39 is 0 Å². The topological polar surface area (TPSA) is 46.8 Å². The molecule has 2 heterocycles. The highest BCUT2D eigenvalue weighted by molar-refractivity contribution is 5.60. The van der Waals surface area contributed by atoms with Crippen LogP contribution in [0.2, 0.25) is 0 Å². The zero-order chi connectivity index (χ0) is 11.7. The Bertz CT molecular complexity index is 484. The minimum atomic E-state index is 0.706. The number of aryl methyl sites for hydroxylation is 2. The van der Waals surface area contributed by atoms with Crippen LogP contribution in [0.5, 0.6) is 0 Å². The first-order chi connectivity index (χ1) is 7.58. The van der Waals surface area contributed by atoms with Crippen LogP contribution in [-0.4, -0.2) is 33.8 Å². The molecule has 0 radical (unpaired) electrons. The highest BCUT2D eigenvalue weighted by Gasteiger charge is 2.07. The van der Waals surface area contributed by atoms with Crippen LogP contribution in [0, 0.1) is 6.92 Å². The van der Waals surface area contributed by atoms with Crippen molar-refractivity contribution in [1.29, 1.82) is 0 Å². The SMILES string of the molecule is Cc1cn(C)nc1-c1cnc(N(C)C)nc1. The molecule has 0 aromatic carbocycles. The molecule has 0 aliphatic heterocycles. The van der Waals surface area contributed by atoms with E-state index >= 15 is 0 Å². The Morgan fingerprint density at radius 3 is 2.25 bits per heavy atom. The second kappa shape index (κ2) is 3.92. The van der Waals surface area contributed by atoms with Gasteiger partial charge in [0.05, 0.1) is 5.69 Å². The number of hydrogen-bond donors (Lipinski definition) is 0. The van der Waals surface area contributed by atoms with Crippen LogP contribution in [0.3, 0.4) is 0 Å². The summed E-state index contributed by atoms with van der Waals surface area (Å²) in [4.78, 5) is 10.4. The molecule has 0 fully saturated rings. The molecule has 0 aliphatic rings. The summed E-state index contributed by atoms with van der Waals surface area (Å²) in [7, 11) is 5.74. The summed E-state index contributed by atoms with van der Waals surface area (Å²) >= 11 is 0. The van der Waals surface area contributed by atoms with Gasteiger partial charge in [0.1, 0.15) is 0 Å². The van der Waals surface area contributed by atoms with Gasteiger partial charge in [0.25, 0.3) is 0 Å². The number of nitrogens with zero attached hydrogens (tertiary/aromatic N) is 5. The van der Waals surface area contributed by atoms with Gasteiger partial charge in [0, 0.05) is 45.3 Å². The van der Waals surface area contributed by atoms with E-state index in [2.05, 4.69) is 15.1 Å². The summed E-state index contributed by atoms with van der Waals surface area (Å²) in [5, 5.41) is 4.38. The monoisotopic (exact) mass is 217 g/mol. The Labute approximate surface area is 94.8 Å². The molecule has 0 unspecified atom stereocenters. The van der Waals surface area contributed by atoms with Crippen molar-refractivity contribution in [3.63, 3.8) is 0 Å². The van der Waals surface area contributed by atoms with Gasteiger partial charge in [0.2, 0.25) is 5.95 Å². The van der Waals surface area contributed by atoms with Crippen molar-refractivity contribution in [2.75, 3.05) is 19.0 Å². The molecule has 0 amide bonds. The molecular weight excluding hydrogens is 202 g/mol. The fourth-order valence-corrected chi connectivity index (χ4v) is 1.57. The molecule has 0 spiro atoms. The van der Waals surface area contributed by atoms with Gasteiger partial charge in [-0.2, -0.15) is 5.10 Å². The highest BCUT2D eigenvalue weighted by Crippen LogP contribution is 2.20. The lowest BCUT2D eigenvalue weighted by molar-refractivity contribution is 0.770. The van der Waals surface area contributed by atoms with Crippen molar-refractivity contribution in [1.82, 2.24) is 19.7 Å². The second-order valence-corrected chi connectivity index (χ2v) is 4.00. The van der Waals surface area contributed by atoms with E-state index in [0.717, 1.165) is 16.8 Å². The molecular formula is C11H15N5. The predicted molar refractivity (Wildman–Crippen MR) is 63.3 cm³/mol. The maximum atomic E-state index is 4.38. The van der Waals surface area contributed by atoms with E-state index in [4.69, 9.17) is 0 Å². The van der Waals surface area contributed by atoms with Crippen molar-refractivity contribution in [2.24, 2.45) is 7.05 Å². The summed E-state index contributed by atoms with van der Waals surface area (Å²) < 4.78 is 1.80. The molecule has 0 N–H and O–H groups in total. The molecule has 0 saturated carbocycles. The van der Waals surface area contributed by atoms with E-state index in [9.17, 15) is 0 Å². The third-order valence-corrected chi connectivity index (χ3v) is 2.32. The smallest absolute Gasteiger partial charge is 0.224 e. The minimum absolute atomic E-state index is 0.706. The average Bonchev–Trinajstić information content (AvgIpc) is 2.58. The van der Waals surface area contributed by atoms with Gasteiger partial charge in [-0.3, -0.25) is 4.68 Å². The molecule has 0 saturated heterocycles. The second-order valence-electron chi connectivity index (χ2n) is 4.00. The highest BCUT2D eigenvalue weighted by atomic mass is 15.3. The van der Waals surface area contributed by atoms with E-state index in [1.807, 2.05) is 39.2 Å². The molecule has 2 aromatic rings. The zero-order valence-electron chi connectivity index (χ0n) is 9.97. The van der Waals surface area contributed by atoms with Gasteiger partial charge in [-0.1, -0.05) is 0 Å². The van der Waals surface area contributed by atoms with Gasteiger partial charge < -0.3 is 4.90 Å². The first-order valence-corrected chi connectivity index (χ1v) is 5.08. The van der Waals surface area contributed by atoms with E-state index in [1.165, 1.54) is 0 Å². The lowest BCUT2D eigenvalue weighted by atomic mass is 10.2. The summed E-state index contributed by atoms with van der Waals surface area (Å²) in [5.41, 5.74) is 3.01. The number of rotatable bonds is 2. The normalized spacial score (nSPS) is 10.5. The lowest BCUT2D eigenvalue weighted by Crippen LogP contribution is -2.12. The quantitative estimate of drug-likeness (QED) is 0.759. The molecule has 0 atom stereocenters. The number of aromatic nitrogens is 4. The van der Waals surface area contributed by atoms with Gasteiger partial charge >= 0.3 is 0 Å². The van der Waals surface area contributed by atoms with Gasteiger partial charge in [-0.15, -0.1) is 0 Å². The standard InChI is InChI=1S/C11H15N5/c1-8-7-16(4)14-10(8)9-5-12-11(13-6-9)15(2)3/h5-7H,1-4H3. The fraction of sp³-hybridized carbons (Fsp3) is 0.364. The Hall–Kier alpha value is -1.91. The summed E-state index contributed by atoms with van der Waals surface area (Å²) in [5.74, 6) is 0.706. The van der Waals surface area contributed by atoms with Gasteiger partial charge in [-0.25, -0.2) is 9.97 Å². The maximum absolute atomic E-state index is 4.38. The van der Waals surface area contributed by atoms with Gasteiger partial charge in [0.15, 0.2) is 0 Å². The van der Waals surface area contributed by atoms with Crippen LogP contribution in [0.15, 0.2) is 18.6 Å². The van der Waals surface area contributed by atoms with Crippen LogP contribution in [-0.2, 0) is 7.05 Å². The summed E-state index contributed by atoms with van der Waals surface area (Å²) in [6.07, 6.45) is 5.59. The Balaban J connectivity index is 2.38. The van der Waals surface area contributed by atoms with E-state index in [-0.39, 0.29) is 0 Å². The first-order valence-electron chi connectivity index (χ1n) is 5.08. The third-order valence-electron chi connectivity index (χ3n) is 2.32. The third kappa shape index (κ3) is 1.88. The van der Waals surface area contributed by atoms with Crippen LogP contribution < -0.4 is 4.90 Å². The summed E-state index contributed by atoms with van der Waals surface area (Å²) in [6.45, 7) is 2.03. The van der Waals surface area contributed by atoms with Crippen molar-refractivity contribution < 1.29 is 0 Å². The van der Waals surface area contributed by atoms with Crippen molar-refractivity contribution in [2.45, 2.75) is 6.92 Å². The minimum Gasteiger partial charge on any atom is -0.347 e. The molecule has 2 rings (SSSR count). The summed E-state index contributed by atoms with van der Waals surface area (Å²) in [6, 6.07) is 0. The lowest BCUT2D eigenvalue weighted by Gasteiger charge is -2.09. The largest absolute Gasteiger partial charge is 0.347 e. The van der Waals surface area contributed by atoms with Crippen molar-refractivity contribution >= 4 is 5.95 Å². The predicted octanol–water partition coefficient (Wildman–Crippen LogP) is 1.25. The molecule has 0 bridgehead atoms. The van der Waals surface area contributed by atoms with E-state index in [1.54, 1.807) is 17.1 Å². The Morgan fingerprint density at radius 1 is 1.19 bits per heavy atom. The maximum Gasteiger partial charge on any atom is 0.224 e. The van der Waals surface area contributed by atoms with Crippen LogP contribution in [0.4, 0.5) is 5.95 Å². The van der Waals surface area contributed by atoms with E-state index in [0.29, 0.717) is 5.95 Å². The molecule has 5 nitrogen and oxygen atoms in total. The molecule has 84 valence electrons. The fourth-order valence-electron chi connectivity index (χ4n) is 1.57. The van der Waals surface area contributed by atoms with Crippen molar-refractivity contribution in [3.05, 3.63) is 24.2 Å². The number of anilines is 1. The van der Waals surface area contributed by atoms with Crippen LogP contribution in [0.25, 0.3) is 11.3 Å². The molecule has 5 heteroatoms. The van der Waals surface area contributed by atoms with Crippen LogP contribution in [0.1, 0.15) is 5.56 Å². The molecule has 16 heavy (non-hydrogen) atoms. The zero-order valence-corrected chi connectivity index (χ0v) is 9.97. The average molecular weight is 217 g/mol. The molecule has 0 aliphatic carbocycles. The van der Waals surface area contributed by atoms with Crippen molar-refractivity contribution in [3.8, 4) is 11.3 Å². The Kier molecular flexibility index (Phi) is 2.60.